The highest BCUT2D eigenvalue weighted by Crippen LogP contribution is 2.33. The zero-order valence-corrected chi connectivity index (χ0v) is 13.2. The first-order chi connectivity index (χ1) is 11.1. The number of para-hydroxylation sites is 2. The third-order valence-corrected chi connectivity index (χ3v) is 4.45. The molecule has 2 amide bonds. The second-order valence-corrected chi connectivity index (χ2v) is 6.17. The van der Waals surface area contributed by atoms with Gasteiger partial charge < -0.3 is 15.4 Å². The largest absolute Gasteiger partial charge is 0.477 e. The summed E-state index contributed by atoms with van der Waals surface area (Å²) in [6.45, 7) is 2.47. The van der Waals surface area contributed by atoms with Gasteiger partial charge in [-0.3, -0.25) is 14.5 Å². The Balaban J connectivity index is 1.76. The molecule has 3 rings (SSSR count). The molecule has 6 nitrogen and oxygen atoms in total. The summed E-state index contributed by atoms with van der Waals surface area (Å²) < 4.78 is 5.60. The van der Waals surface area contributed by atoms with E-state index in [9.17, 15) is 9.59 Å². The van der Waals surface area contributed by atoms with E-state index in [0.29, 0.717) is 18.0 Å². The molecule has 0 unspecified atom stereocenters. The SMILES string of the molecule is NC(=O)[C@@H]1CN(C(=O)CN2CCCCCC2)c2ccccc2O1. The molecule has 0 saturated carbocycles. The van der Waals surface area contributed by atoms with Crippen LogP contribution in [-0.4, -0.2) is 49.0 Å². The Labute approximate surface area is 136 Å². The third-order valence-electron chi connectivity index (χ3n) is 4.45. The van der Waals surface area contributed by atoms with E-state index >= 15 is 0 Å². The topological polar surface area (TPSA) is 75.9 Å². The predicted molar refractivity (Wildman–Crippen MR) is 87.3 cm³/mol. The fourth-order valence-electron chi connectivity index (χ4n) is 3.19. The lowest BCUT2D eigenvalue weighted by atomic mass is 10.1. The van der Waals surface area contributed by atoms with E-state index in [2.05, 4.69) is 4.90 Å². The van der Waals surface area contributed by atoms with E-state index in [0.717, 1.165) is 25.9 Å². The van der Waals surface area contributed by atoms with Gasteiger partial charge in [0.2, 0.25) is 5.91 Å². The molecule has 23 heavy (non-hydrogen) atoms. The quantitative estimate of drug-likeness (QED) is 0.907. The zero-order valence-electron chi connectivity index (χ0n) is 13.2. The van der Waals surface area contributed by atoms with Crippen molar-refractivity contribution in [3.63, 3.8) is 0 Å². The predicted octanol–water partition coefficient (Wildman–Crippen LogP) is 1.14. The van der Waals surface area contributed by atoms with Gasteiger partial charge in [0.1, 0.15) is 5.75 Å². The summed E-state index contributed by atoms with van der Waals surface area (Å²) in [4.78, 5) is 28.1. The van der Waals surface area contributed by atoms with Crippen molar-refractivity contribution in [1.29, 1.82) is 0 Å². The van der Waals surface area contributed by atoms with Crippen molar-refractivity contribution in [2.45, 2.75) is 31.8 Å². The lowest BCUT2D eigenvalue weighted by Gasteiger charge is -2.34. The fraction of sp³-hybridized carbons (Fsp3) is 0.529. The van der Waals surface area contributed by atoms with E-state index in [1.165, 1.54) is 12.8 Å². The van der Waals surface area contributed by atoms with E-state index < -0.39 is 12.0 Å². The van der Waals surface area contributed by atoms with Crippen LogP contribution in [0.15, 0.2) is 24.3 Å². The van der Waals surface area contributed by atoms with Gasteiger partial charge in [0.15, 0.2) is 6.10 Å². The minimum atomic E-state index is -0.794. The average molecular weight is 317 g/mol. The minimum absolute atomic E-state index is 0.00565. The number of carbonyl (C=O) groups excluding carboxylic acids is 2. The van der Waals surface area contributed by atoms with Gasteiger partial charge in [0.25, 0.3) is 5.91 Å². The van der Waals surface area contributed by atoms with Gasteiger partial charge in [-0.15, -0.1) is 0 Å². The number of nitrogens with zero attached hydrogens (tertiary/aromatic N) is 2. The first kappa shape index (κ1) is 15.8. The lowest BCUT2D eigenvalue weighted by molar-refractivity contribution is -0.125. The molecule has 1 fully saturated rings. The molecule has 2 aliphatic heterocycles. The maximum Gasteiger partial charge on any atom is 0.260 e. The van der Waals surface area contributed by atoms with Crippen LogP contribution in [0.2, 0.25) is 0 Å². The molecule has 2 heterocycles. The van der Waals surface area contributed by atoms with Crippen molar-refractivity contribution in [1.82, 2.24) is 4.90 Å². The molecule has 0 radical (unpaired) electrons. The van der Waals surface area contributed by atoms with Crippen LogP contribution in [0.3, 0.4) is 0 Å². The molecule has 1 aromatic carbocycles. The summed E-state index contributed by atoms with van der Waals surface area (Å²) in [6, 6.07) is 7.28. The Morgan fingerprint density at radius 1 is 1.13 bits per heavy atom. The number of benzene rings is 1. The number of hydrogen-bond acceptors (Lipinski definition) is 4. The van der Waals surface area contributed by atoms with E-state index in [4.69, 9.17) is 10.5 Å². The number of primary amides is 1. The molecule has 1 aromatic rings. The summed E-state index contributed by atoms with van der Waals surface area (Å²) in [6.07, 6.45) is 3.94. The molecule has 0 aromatic heterocycles. The van der Waals surface area contributed by atoms with Crippen LogP contribution in [0.1, 0.15) is 25.7 Å². The fourth-order valence-corrected chi connectivity index (χ4v) is 3.19. The molecule has 6 heteroatoms. The molecular weight excluding hydrogens is 294 g/mol. The maximum atomic E-state index is 12.8. The number of nitrogens with two attached hydrogens (primary N) is 1. The molecular formula is C17H23N3O3. The Morgan fingerprint density at radius 3 is 2.52 bits per heavy atom. The van der Waals surface area contributed by atoms with Crippen LogP contribution in [0.5, 0.6) is 5.75 Å². The molecule has 0 spiro atoms. The van der Waals surface area contributed by atoms with Gasteiger partial charge in [0.05, 0.1) is 18.8 Å². The Morgan fingerprint density at radius 2 is 1.83 bits per heavy atom. The molecule has 2 aliphatic rings. The molecule has 0 aliphatic carbocycles. The summed E-state index contributed by atoms with van der Waals surface area (Å²) >= 11 is 0. The van der Waals surface area contributed by atoms with Crippen LogP contribution >= 0.6 is 0 Å². The third kappa shape index (κ3) is 3.64. The number of fused-ring (bicyclic) bond motifs is 1. The van der Waals surface area contributed by atoms with Crippen molar-refractivity contribution in [2.75, 3.05) is 31.1 Å². The van der Waals surface area contributed by atoms with Crippen molar-refractivity contribution in [3.8, 4) is 5.75 Å². The van der Waals surface area contributed by atoms with Crippen molar-refractivity contribution >= 4 is 17.5 Å². The number of carbonyl (C=O) groups is 2. The Bertz CT molecular complexity index is 582. The highest BCUT2D eigenvalue weighted by atomic mass is 16.5. The molecule has 1 saturated heterocycles. The number of amides is 2. The number of hydrogen-bond donors (Lipinski definition) is 1. The lowest BCUT2D eigenvalue weighted by Crippen LogP contribution is -2.51. The first-order valence-corrected chi connectivity index (χ1v) is 8.23. The number of likely N-dealkylation sites (tertiary alicyclic amines) is 1. The first-order valence-electron chi connectivity index (χ1n) is 8.23. The van der Waals surface area contributed by atoms with Crippen LogP contribution in [-0.2, 0) is 9.59 Å². The number of rotatable bonds is 3. The van der Waals surface area contributed by atoms with Gasteiger partial charge in [-0.05, 0) is 38.1 Å². The summed E-state index contributed by atoms with van der Waals surface area (Å²) in [5.74, 6) is -0.0206. The van der Waals surface area contributed by atoms with Gasteiger partial charge in [-0.1, -0.05) is 25.0 Å². The van der Waals surface area contributed by atoms with Crippen LogP contribution in [0, 0.1) is 0 Å². The smallest absolute Gasteiger partial charge is 0.260 e. The summed E-state index contributed by atoms with van der Waals surface area (Å²) in [5.41, 5.74) is 6.09. The Hall–Kier alpha value is -2.08. The second kappa shape index (κ2) is 7.00. The van der Waals surface area contributed by atoms with Crippen molar-refractivity contribution < 1.29 is 14.3 Å². The normalized spacial score (nSPS) is 21.9. The monoisotopic (exact) mass is 317 g/mol. The second-order valence-electron chi connectivity index (χ2n) is 6.17. The van der Waals surface area contributed by atoms with Gasteiger partial charge in [-0.25, -0.2) is 0 Å². The molecule has 0 bridgehead atoms. The molecule has 1 atom stereocenters. The zero-order chi connectivity index (χ0) is 16.2. The van der Waals surface area contributed by atoms with E-state index in [1.54, 1.807) is 11.0 Å². The minimum Gasteiger partial charge on any atom is -0.477 e. The van der Waals surface area contributed by atoms with Crippen molar-refractivity contribution in [2.24, 2.45) is 5.73 Å². The highest BCUT2D eigenvalue weighted by molar-refractivity contribution is 5.98. The summed E-state index contributed by atoms with van der Waals surface area (Å²) in [7, 11) is 0. The highest BCUT2D eigenvalue weighted by Gasteiger charge is 2.33. The van der Waals surface area contributed by atoms with Gasteiger partial charge in [0, 0.05) is 0 Å². The van der Waals surface area contributed by atoms with Crippen LogP contribution in [0.25, 0.3) is 0 Å². The standard InChI is InChI=1S/C17H23N3O3/c18-17(22)15-11-20(13-7-3-4-8-14(13)23-15)16(21)12-19-9-5-1-2-6-10-19/h3-4,7-8,15H,1-2,5-6,9-12H2,(H2,18,22)/t15-/m0/s1. The van der Waals surface area contributed by atoms with E-state index in [1.807, 2.05) is 18.2 Å². The average Bonchev–Trinajstić information content (AvgIpc) is 2.82. The van der Waals surface area contributed by atoms with Gasteiger partial charge in [-0.2, -0.15) is 0 Å². The number of ether oxygens (including phenoxy) is 1. The Kier molecular flexibility index (Phi) is 4.81. The molecule has 2 N–H and O–H groups in total. The van der Waals surface area contributed by atoms with E-state index in [-0.39, 0.29) is 12.5 Å². The summed E-state index contributed by atoms with van der Waals surface area (Å²) in [5, 5.41) is 0. The van der Waals surface area contributed by atoms with Crippen LogP contribution < -0.4 is 15.4 Å². The maximum absolute atomic E-state index is 12.8. The van der Waals surface area contributed by atoms with Crippen molar-refractivity contribution in [3.05, 3.63) is 24.3 Å². The van der Waals surface area contributed by atoms with Gasteiger partial charge >= 0.3 is 0 Å². The molecule has 124 valence electrons. The van der Waals surface area contributed by atoms with Crippen LogP contribution in [0.4, 0.5) is 5.69 Å². The number of anilines is 1.